The second-order valence-electron chi connectivity index (χ2n) is 5.43. The number of carbonyl (C=O) groups excluding carboxylic acids is 1. The van der Waals surface area contributed by atoms with Gasteiger partial charge < -0.3 is 10.0 Å². The van der Waals surface area contributed by atoms with E-state index >= 15 is 0 Å². The zero-order chi connectivity index (χ0) is 15.4. The average molecular weight is 310 g/mol. The molecule has 2 rings (SSSR count). The van der Waals surface area contributed by atoms with Gasteiger partial charge in [0.2, 0.25) is 5.91 Å². The van der Waals surface area contributed by atoms with E-state index in [1.54, 1.807) is 11.0 Å². The predicted molar refractivity (Wildman–Crippen MR) is 81.0 cm³/mol. The van der Waals surface area contributed by atoms with E-state index in [0.29, 0.717) is 31.0 Å². The van der Waals surface area contributed by atoms with Gasteiger partial charge in [-0.1, -0.05) is 36.2 Å². The topological polar surface area (TPSA) is 57.6 Å². The van der Waals surface area contributed by atoms with Crippen molar-refractivity contribution in [3.05, 3.63) is 34.9 Å². The van der Waals surface area contributed by atoms with Crippen LogP contribution >= 0.6 is 11.6 Å². The van der Waals surface area contributed by atoms with Gasteiger partial charge in [-0.15, -0.1) is 0 Å². The van der Waals surface area contributed by atoms with Crippen molar-refractivity contribution in [1.29, 1.82) is 0 Å². The summed E-state index contributed by atoms with van der Waals surface area (Å²) in [6.45, 7) is 2.88. The second-order valence-corrected chi connectivity index (χ2v) is 5.83. The van der Waals surface area contributed by atoms with Crippen LogP contribution in [0.15, 0.2) is 24.3 Å². The third-order valence-electron chi connectivity index (χ3n) is 4.16. The van der Waals surface area contributed by atoms with Crippen molar-refractivity contribution in [3.8, 4) is 0 Å². The van der Waals surface area contributed by atoms with Gasteiger partial charge >= 0.3 is 5.97 Å². The van der Waals surface area contributed by atoms with Crippen molar-refractivity contribution in [2.75, 3.05) is 6.54 Å². The van der Waals surface area contributed by atoms with Crippen LogP contribution in [0.3, 0.4) is 0 Å². The Morgan fingerprint density at radius 2 is 1.95 bits per heavy atom. The van der Waals surface area contributed by atoms with E-state index < -0.39 is 17.8 Å². The van der Waals surface area contributed by atoms with E-state index in [0.717, 1.165) is 12.0 Å². The molecule has 0 saturated heterocycles. The van der Waals surface area contributed by atoms with E-state index in [4.69, 9.17) is 11.6 Å². The van der Waals surface area contributed by atoms with Gasteiger partial charge in [-0.05, 0) is 31.4 Å². The van der Waals surface area contributed by atoms with Gasteiger partial charge in [0.25, 0.3) is 0 Å². The monoisotopic (exact) mass is 309 g/mol. The zero-order valence-corrected chi connectivity index (χ0v) is 12.8. The quantitative estimate of drug-likeness (QED) is 0.908. The molecular weight excluding hydrogens is 290 g/mol. The molecule has 0 bridgehead atoms. The summed E-state index contributed by atoms with van der Waals surface area (Å²) < 4.78 is 0. The maximum Gasteiger partial charge on any atom is 0.307 e. The number of halogens is 1. The minimum atomic E-state index is -0.861. The molecule has 1 amide bonds. The number of aliphatic carboxylic acids is 1. The lowest BCUT2D eigenvalue weighted by molar-refractivity contribution is -0.149. The van der Waals surface area contributed by atoms with Gasteiger partial charge in [0, 0.05) is 18.1 Å². The Bertz CT molecular complexity index is 532. The highest BCUT2D eigenvalue weighted by Gasteiger charge is 2.39. The molecular formula is C16H20ClNO3. The molecule has 1 N–H and O–H groups in total. The van der Waals surface area contributed by atoms with Gasteiger partial charge in [0.05, 0.1) is 11.8 Å². The predicted octanol–water partition coefficient (Wildman–Crippen LogP) is 3.19. The largest absolute Gasteiger partial charge is 0.481 e. The zero-order valence-electron chi connectivity index (χ0n) is 12.1. The van der Waals surface area contributed by atoms with E-state index in [1.165, 1.54) is 0 Å². The highest BCUT2D eigenvalue weighted by atomic mass is 35.5. The molecule has 0 spiro atoms. The van der Waals surface area contributed by atoms with Crippen molar-refractivity contribution in [2.45, 2.75) is 32.7 Å². The third-order valence-corrected chi connectivity index (χ3v) is 4.53. The Kier molecular flexibility index (Phi) is 5.23. The lowest BCUT2D eigenvalue weighted by Gasteiger charge is -2.26. The maximum absolute atomic E-state index is 12.6. The summed E-state index contributed by atoms with van der Waals surface area (Å²) in [5, 5.41) is 9.86. The van der Waals surface area contributed by atoms with Crippen molar-refractivity contribution < 1.29 is 14.7 Å². The number of rotatable bonds is 5. The average Bonchev–Trinajstić information content (AvgIpc) is 2.95. The molecule has 114 valence electrons. The number of hydrogen-bond acceptors (Lipinski definition) is 2. The number of carboxylic acids is 1. The molecule has 0 heterocycles. The molecule has 0 radical (unpaired) electrons. The van der Waals surface area contributed by atoms with Crippen LogP contribution in [-0.2, 0) is 16.1 Å². The number of amides is 1. The van der Waals surface area contributed by atoms with Crippen LogP contribution in [0.4, 0.5) is 0 Å². The van der Waals surface area contributed by atoms with E-state index in [1.807, 2.05) is 25.1 Å². The van der Waals surface area contributed by atoms with Gasteiger partial charge in [-0.2, -0.15) is 0 Å². The highest BCUT2D eigenvalue weighted by molar-refractivity contribution is 6.31. The lowest BCUT2D eigenvalue weighted by atomic mass is 9.94. The minimum Gasteiger partial charge on any atom is -0.481 e. The molecule has 0 aliphatic heterocycles. The summed E-state index contributed by atoms with van der Waals surface area (Å²) >= 11 is 6.14. The Hall–Kier alpha value is -1.55. The van der Waals surface area contributed by atoms with Crippen LogP contribution in [0.1, 0.15) is 31.7 Å². The first-order valence-corrected chi connectivity index (χ1v) is 7.67. The lowest BCUT2D eigenvalue weighted by Crippen LogP contribution is -2.38. The normalized spacial score (nSPS) is 21.2. The second kappa shape index (κ2) is 6.94. The minimum absolute atomic E-state index is 0.0673. The molecule has 21 heavy (non-hydrogen) atoms. The van der Waals surface area contributed by atoms with Crippen LogP contribution in [0.5, 0.6) is 0 Å². The Morgan fingerprint density at radius 1 is 1.29 bits per heavy atom. The first-order valence-electron chi connectivity index (χ1n) is 7.29. The van der Waals surface area contributed by atoms with Gasteiger partial charge in [-0.3, -0.25) is 9.59 Å². The molecule has 0 aromatic heterocycles. The standard InChI is InChI=1S/C16H20ClNO3/c1-2-18(10-11-6-3-4-9-14(11)17)15(19)12-7-5-8-13(12)16(20)21/h3-4,6,9,12-13H,2,5,7-8,10H2,1H3,(H,20,21)/t12-,13+/m1/s1. The fourth-order valence-electron chi connectivity index (χ4n) is 2.96. The van der Waals surface area contributed by atoms with E-state index in [-0.39, 0.29) is 5.91 Å². The summed E-state index contributed by atoms with van der Waals surface area (Å²) in [5.74, 6) is -1.87. The third kappa shape index (κ3) is 3.56. The molecule has 5 heteroatoms. The first kappa shape index (κ1) is 15.8. The van der Waals surface area contributed by atoms with Crippen LogP contribution in [0.2, 0.25) is 5.02 Å². The first-order chi connectivity index (χ1) is 10.0. The number of carbonyl (C=O) groups is 2. The van der Waals surface area contributed by atoms with Crippen LogP contribution in [-0.4, -0.2) is 28.4 Å². The van der Waals surface area contributed by atoms with Crippen molar-refractivity contribution in [2.24, 2.45) is 11.8 Å². The molecule has 1 aromatic carbocycles. The molecule has 0 unspecified atom stereocenters. The summed E-state index contributed by atoms with van der Waals surface area (Å²) in [5.41, 5.74) is 0.888. The van der Waals surface area contributed by atoms with Gasteiger partial charge in [0.1, 0.15) is 0 Å². The number of nitrogens with zero attached hydrogens (tertiary/aromatic N) is 1. The summed E-state index contributed by atoms with van der Waals surface area (Å²) in [7, 11) is 0. The molecule has 4 nitrogen and oxygen atoms in total. The molecule has 1 fully saturated rings. The fraction of sp³-hybridized carbons (Fsp3) is 0.500. The summed E-state index contributed by atoms with van der Waals surface area (Å²) in [4.78, 5) is 25.6. The number of hydrogen-bond donors (Lipinski definition) is 1. The van der Waals surface area contributed by atoms with Crippen LogP contribution < -0.4 is 0 Å². The molecule has 2 atom stereocenters. The summed E-state index contributed by atoms with van der Waals surface area (Å²) in [6.07, 6.45) is 2.06. The van der Waals surface area contributed by atoms with E-state index in [2.05, 4.69) is 0 Å². The van der Waals surface area contributed by atoms with Crippen LogP contribution in [0.25, 0.3) is 0 Å². The Labute approximate surface area is 129 Å². The molecule has 1 aliphatic carbocycles. The Morgan fingerprint density at radius 3 is 2.57 bits per heavy atom. The van der Waals surface area contributed by atoms with Gasteiger partial charge in [0.15, 0.2) is 0 Å². The number of benzene rings is 1. The van der Waals surface area contributed by atoms with Crippen molar-refractivity contribution >= 4 is 23.5 Å². The molecule has 1 aliphatic rings. The number of carboxylic acid groups (broad SMARTS) is 1. The molecule has 1 aromatic rings. The fourth-order valence-corrected chi connectivity index (χ4v) is 3.16. The maximum atomic E-state index is 12.6. The van der Waals surface area contributed by atoms with Gasteiger partial charge in [-0.25, -0.2) is 0 Å². The SMILES string of the molecule is CCN(Cc1ccccc1Cl)C(=O)[C@@H]1CCC[C@@H]1C(=O)O. The highest BCUT2D eigenvalue weighted by Crippen LogP contribution is 2.34. The smallest absolute Gasteiger partial charge is 0.307 e. The van der Waals surface area contributed by atoms with Crippen molar-refractivity contribution in [1.82, 2.24) is 4.90 Å². The molecule has 1 saturated carbocycles. The van der Waals surface area contributed by atoms with E-state index in [9.17, 15) is 14.7 Å². The van der Waals surface area contributed by atoms with Crippen LogP contribution in [0, 0.1) is 11.8 Å². The van der Waals surface area contributed by atoms with Crippen molar-refractivity contribution in [3.63, 3.8) is 0 Å². The Balaban J connectivity index is 2.12. The summed E-state index contributed by atoms with van der Waals surface area (Å²) in [6, 6.07) is 7.42.